The Morgan fingerprint density at radius 2 is 1.72 bits per heavy atom. The van der Waals surface area contributed by atoms with Gasteiger partial charge >= 0.3 is 0 Å². The largest absolute Gasteiger partial charge is 0.406 e. The maximum absolute atomic E-state index is 6.96. The Labute approximate surface area is 160 Å². The van der Waals surface area contributed by atoms with E-state index in [9.17, 15) is 0 Å². The van der Waals surface area contributed by atoms with Gasteiger partial charge in [-0.15, -0.1) is 12.3 Å². The van der Waals surface area contributed by atoms with Crippen molar-refractivity contribution < 1.29 is 4.43 Å². The SMILES string of the molecule is C=C[SiH2]C(O[Si](C)(C)C(C)(C)C)N(CCC)[Si](C)(C)c1ccccc1. The van der Waals surface area contributed by atoms with Gasteiger partial charge in [-0.2, -0.15) is 0 Å². The van der Waals surface area contributed by atoms with Crippen LogP contribution in [0.2, 0.25) is 31.2 Å². The van der Waals surface area contributed by atoms with Crippen LogP contribution in [-0.2, 0) is 4.43 Å². The molecule has 0 radical (unpaired) electrons. The van der Waals surface area contributed by atoms with E-state index in [0.29, 0.717) is 0 Å². The molecule has 0 fully saturated rings. The molecule has 1 aromatic rings. The summed E-state index contributed by atoms with van der Waals surface area (Å²) in [7, 11) is -4.10. The standard InChI is InChI=1S/C20H39NOSi3/c1-10-17-21(24(6,7)18-15-13-12-14-16-18)19(23-11-2)22-25(8,9)20(3,4)5/h11-16,19H,2,10,17,23H2,1,3-9H3. The molecule has 0 saturated heterocycles. The molecule has 0 aliphatic carbocycles. The molecule has 5 heteroatoms. The molecule has 0 bridgehead atoms. The summed E-state index contributed by atoms with van der Waals surface area (Å²) in [6.07, 6.45) is 1.16. The molecule has 0 N–H and O–H groups in total. The number of hydrogen-bond donors (Lipinski definition) is 0. The van der Waals surface area contributed by atoms with Gasteiger partial charge in [0.15, 0.2) is 16.6 Å². The van der Waals surface area contributed by atoms with Crippen LogP contribution < -0.4 is 5.19 Å². The lowest BCUT2D eigenvalue weighted by molar-refractivity contribution is 0.135. The molecule has 0 amide bonds. The second-order valence-electron chi connectivity index (χ2n) is 8.98. The smallest absolute Gasteiger partial charge is 0.193 e. The van der Waals surface area contributed by atoms with Crippen LogP contribution in [0.4, 0.5) is 0 Å². The number of benzene rings is 1. The maximum Gasteiger partial charge on any atom is 0.193 e. The molecular weight excluding hydrogens is 354 g/mol. The third kappa shape index (κ3) is 5.76. The summed E-state index contributed by atoms with van der Waals surface area (Å²) in [6, 6.07) is 11.0. The summed E-state index contributed by atoms with van der Waals surface area (Å²) in [5.74, 6) is 0.264. The minimum atomic E-state index is -1.81. The van der Waals surface area contributed by atoms with Gasteiger partial charge in [-0.05, 0) is 36.3 Å². The molecule has 0 aliphatic rings. The third-order valence-corrected chi connectivity index (χ3v) is 15.8. The fraction of sp³-hybridized carbons (Fsp3) is 0.600. The predicted octanol–water partition coefficient (Wildman–Crippen LogP) is 4.43. The Hall–Kier alpha value is -0.469. The van der Waals surface area contributed by atoms with Crippen LogP contribution in [0.5, 0.6) is 0 Å². The normalized spacial score (nSPS) is 15.1. The van der Waals surface area contributed by atoms with E-state index in [-0.39, 0.29) is 10.9 Å². The molecular formula is C20H39NOSi3. The van der Waals surface area contributed by atoms with Crippen molar-refractivity contribution in [3.63, 3.8) is 0 Å². The van der Waals surface area contributed by atoms with Crippen LogP contribution in [0.25, 0.3) is 0 Å². The lowest BCUT2D eigenvalue weighted by Gasteiger charge is -2.47. The third-order valence-electron chi connectivity index (χ3n) is 5.62. The van der Waals surface area contributed by atoms with Gasteiger partial charge in [-0.3, -0.25) is 4.57 Å². The zero-order valence-corrected chi connectivity index (χ0v) is 21.1. The molecule has 1 unspecified atom stereocenters. The summed E-state index contributed by atoms with van der Waals surface area (Å²) in [6.45, 7) is 24.1. The molecule has 0 aliphatic heterocycles. The average Bonchev–Trinajstić information content (AvgIpc) is 2.51. The highest BCUT2D eigenvalue weighted by molar-refractivity contribution is 6.88. The second-order valence-corrected chi connectivity index (χ2v) is 19.7. The van der Waals surface area contributed by atoms with Gasteiger partial charge in [0.1, 0.15) is 0 Å². The van der Waals surface area contributed by atoms with Gasteiger partial charge in [0.2, 0.25) is 0 Å². The first-order valence-corrected chi connectivity index (χ1v) is 17.1. The van der Waals surface area contributed by atoms with Crippen LogP contribution in [0, 0.1) is 0 Å². The Morgan fingerprint density at radius 1 is 1.16 bits per heavy atom. The van der Waals surface area contributed by atoms with Crippen molar-refractivity contribution in [2.45, 2.75) is 71.2 Å². The van der Waals surface area contributed by atoms with E-state index in [0.717, 1.165) is 13.0 Å². The molecule has 0 aromatic heterocycles. The average molecular weight is 394 g/mol. The van der Waals surface area contributed by atoms with Gasteiger partial charge in [-0.1, -0.05) is 71.1 Å². The van der Waals surface area contributed by atoms with Gasteiger partial charge in [0, 0.05) is 0 Å². The van der Waals surface area contributed by atoms with Gasteiger partial charge in [0.05, 0.1) is 15.4 Å². The van der Waals surface area contributed by atoms with Crippen molar-refractivity contribution in [3.05, 3.63) is 42.6 Å². The molecule has 1 atom stereocenters. The van der Waals surface area contributed by atoms with Crippen molar-refractivity contribution in [3.8, 4) is 0 Å². The van der Waals surface area contributed by atoms with Crippen molar-refractivity contribution in [1.82, 2.24) is 4.57 Å². The first kappa shape index (κ1) is 22.6. The van der Waals surface area contributed by atoms with Crippen molar-refractivity contribution in [2.75, 3.05) is 6.54 Å². The van der Waals surface area contributed by atoms with Crippen LogP contribution in [-0.4, -0.2) is 43.0 Å². The highest BCUT2D eigenvalue weighted by Crippen LogP contribution is 2.38. The van der Waals surface area contributed by atoms with Crippen LogP contribution in [0.3, 0.4) is 0 Å². The van der Waals surface area contributed by atoms with Crippen molar-refractivity contribution in [1.29, 1.82) is 0 Å². The van der Waals surface area contributed by atoms with Gasteiger partial charge in [0.25, 0.3) is 0 Å². The molecule has 1 rings (SSSR count). The second kappa shape index (κ2) is 8.95. The molecule has 2 nitrogen and oxygen atoms in total. The zero-order valence-electron chi connectivity index (χ0n) is 17.7. The zero-order chi connectivity index (χ0) is 19.3. The summed E-state index contributed by atoms with van der Waals surface area (Å²) in [4.78, 5) is 0. The Morgan fingerprint density at radius 3 is 2.16 bits per heavy atom. The monoisotopic (exact) mass is 393 g/mol. The molecule has 0 saturated carbocycles. The first-order valence-electron chi connectivity index (χ1n) is 9.58. The number of nitrogens with zero attached hydrogens (tertiary/aromatic N) is 1. The van der Waals surface area contributed by atoms with Gasteiger partial charge in [-0.25, -0.2) is 0 Å². The van der Waals surface area contributed by atoms with E-state index in [1.165, 1.54) is 5.19 Å². The Kier molecular flexibility index (Phi) is 8.08. The number of rotatable bonds is 9. The highest BCUT2D eigenvalue weighted by atomic mass is 28.4. The fourth-order valence-electron chi connectivity index (χ4n) is 2.93. The van der Waals surface area contributed by atoms with Crippen molar-refractivity contribution >= 4 is 31.3 Å². The van der Waals surface area contributed by atoms with E-state index in [1.54, 1.807) is 0 Å². The van der Waals surface area contributed by atoms with E-state index >= 15 is 0 Å². The molecule has 0 heterocycles. The summed E-state index contributed by atoms with van der Waals surface area (Å²) < 4.78 is 9.69. The first-order chi connectivity index (χ1) is 11.5. The Bertz CT molecular complexity index is 538. The predicted molar refractivity (Wildman–Crippen MR) is 121 cm³/mol. The minimum absolute atomic E-state index is 0.233. The van der Waals surface area contributed by atoms with Crippen LogP contribution in [0.15, 0.2) is 42.6 Å². The van der Waals surface area contributed by atoms with E-state index in [1.807, 2.05) is 0 Å². The lowest BCUT2D eigenvalue weighted by Crippen LogP contribution is -2.65. The van der Waals surface area contributed by atoms with Crippen molar-refractivity contribution in [2.24, 2.45) is 0 Å². The van der Waals surface area contributed by atoms with E-state index in [4.69, 9.17) is 4.43 Å². The highest BCUT2D eigenvalue weighted by Gasteiger charge is 2.43. The topological polar surface area (TPSA) is 12.5 Å². The quantitative estimate of drug-likeness (QED) is 0.454. The van der Waals surface area contributed by atoms with E-state index in [2.05, 4.69) is 101 Å². The van der Waals surface area contributed by atoms with Crippen LogP contribution >= 0.6 is 0 Å². The summed E-state index contributed by atoms with van der Waals surface area (Å²) in [5.41, 5.74) is 2.16. The Balaban J connectivity index is 3.24. The van der Waals surface area contributed by atoms with Gasteiger partial charge < -0.3 is 4.43 Å². The maximum atomic E-state index is 6.96. The molecule has 1 aromatic carbocycles. The molecule has 0 spiro atoms. The summed E-state index contributed by atoms with van der Waals surface area (Å²) >= 11 is 0. The molecule has 142 valence electrons. The van der Waals surface area contributed by atoms with Crippen LogP contribution in [0.1, 0.15) is 34.1 Å². The lowest BCUT2D eigenvalue weighted by atomic mass is 10.2. The van der Waals surface area contributed by atoms with E-state index < -0.39 is 26.1 Å². The summed E-state index contributed by atoms with van der Waals surface area (Å²) in [5, 5.41) is 1.72. The minimum Gasteiger partial charge on any atom is -0.406 e. The fourth-order valence-corrected chi connectivity index (χ4v) is 11.1. The number of hydrogen-bond acceptors (Lipinski definition) is 2. The molecule has 25 heavy (non-hydrogen) atoms.